The molecule has 1 aromatic carbocycles. The van der Waals surface area contributed by atoms with E-state index in [0.29, 0.717) is 18.5 Å². The molecule has 2 aromatic heterocycles. The van der Waals surface area contributed by atoms with E-state index in [1.165, 1.54) is 7.11 Å². The van der Waals surface area contributed by atoms with Crippen LogP contribution in [0.4, 0.5) is 26.5 Å². The van der Waals surface area contributed by atoms with Gasteiger partial charge in [0.1, 0.15) is 17.0 Å². The Hall–Kier alpha value is -3.95. The Bertz CT molecular complexity index is 1290. The minimum atomic E-state index is -0.726. The summed E-state index contributed by atoms with van der Waals surface area (Å²) < 4.78 is 25.5. The fraction of sp³-hybridized carbons (Fsp3) is 0.407. The highest BCUT2D eigenvalue weighted by atomic mass is 19.1. The van der Waals surface area contributed by atoms with Gasteiger partial charge in [-0.05, 0) is 39.7 Å². The number of hydrogen-bond donors (Lipinski definition) is 3. The lowest BCUT2D eigenvalue weighted by Crippen LogP contribution is -2.50. The first-order valence-electron chi connectivity index (χ1n) is 12.3. The van der Waals surface area contributed by atoms with E-state index in [4.69, 9.17) is 9.47 Å². The van der Waals surface area contributed by atoms with Crippen LogP contribution in [0.1, 0.15) is 56.8 Å². The van der Waals surface area contributed by atoms with Gasteiger partial charge in [0.25, 0.3) is 0 Å². The molecule has 196 valence electrons. The van der Waals surface area contributed by atoms with Crippen LogP contribution in [0, 0.1) is 5.82 Å². The number of esters is 1. The molecule has 4 rings (SSSR count). The smallest absolute Gasteiger partial charge is 0.407 e. The Kier molecular flexibility index (Phi) is 7.75. The SMILES string of the molecule is COC(=O)c1cc(F)c(NC2CCCCC2NC(=O)OC(C)(C)C)nc1Nc1cncc2ccccc12. The number of ether oxygens (including phenoxy) is 2. The summed E-state index contributed by atoms with van der Waals surface area (Å²) in [5.41, 5.74) is -0.0724. The number of nitrogens with one attached hydrogen (secondary N) is 3. The molecule has 37 heavy (non-hydrogen) atoms. The van der Waals surface area contributed by atoms with Gasteiger partial charge in [0, 0.05) is 23.0 Å². The van der Waals surface area contributed by atoms with Gasteiger partial charge >= 0.3 is 12.1 Å². The Morgan fingerprint density at radius 1 is 1.05 bits per heavy atom. The molecular formula is C27H32FN5O4. The Morgan fingerprint density at radius 2 is 1.78 bits per heavy atom. The number of aromatic nitrogens is 2. The Morgan fingerprint density at radius 3 is 2.51 bits per heavy atom. The van der Waals surface area contributed by atoms with E-state index in [2.05, 4.69) is 25.9 Å². The number of amides is 1. The first-order valence-corrected chi connectivity index (χ1v) is 12.3. The van der Waals surface area contributed by atoms with E-state index in [1.54, 1.807) is 33.2 Å². The third-order valence-electron chi connectivity index (χ3n) is 6.09. The van der Waals surface area contributed by atoms with Crippen LogP contribution in [0.5, 0.6) is 0 Å². The molecular weight excluding hydrogens is 477 g/mol. The van der Waals surface area contributed by atoms with Gasteiger partial charge in [-0.1, -0.05) is 37.1 Å². The molecule has 3 aromatic rings. The van der Waals surface area contributed by atoms with Crippen LogP contribution in [0.3, 0.4) is 0 Å². The Labute approximate surface area is 215 Å². The van der Waals surface area contributed by atoms with Gasteiger partial charge in [0.2, 0.25) is 0 Å². The molecule has 10 heteroatoms. The molecule has 3 N–H and O–H groups in total. The highest BCUT2D eigenvalue weighted by molar-refractivity contribution is 5.99. The number of benzene rings is 1. The van der Waals surface area contributed by atoms with Crippen molar-refractivity contribution in [2.24, 2.45) is 0 Å². The summed E-state index contributed by atoms with van der Waals surface area (Å²) >= 11 is 0. The van der Waals surface area contributed by atoms with Crippen molar-refractivity contribution < 1.29 is 23.5 Å². The van der Waals surface area contributed by atoms with E-state index in [9.17, 15) is 9.59 Å². The number of nitrogens with zero attached hydrogens (tertiary/aromatic N) is 2. The maximum absolute atomic E-state index is 15.2. The van der Waals surface area contributed by atoms with Gasteiger partial charge in [-0.15, -0.1) is 0 Å². The van der Waals surface area contributed by atoms with Crippen molar-refractivity contribution in [1.29, 1.82) is 0 Å². The van der Waals surface area contributed by atoms with Gasteiger partial charge < -0.3 is 25.4 Å². The molecule has 1 amide bonds. The highest BCUT2D eigenvalue weighted by Gasteiger charge is 2.30. The number of methoxy groups -OCH3 is 1. The van der Waals surface area contributed by atoms with E-state index in [-0.39, 0.29) is 29.3 Å². The third-order valence-corrected chi connectivity index (χ3v) is 6.09. The lowest BCUT2D eigenvalue weighted by Gasteiger charge is -2.34. The minimum Gasteiger partial charge on any atom is -0.465 e. The number of hydrogen-bond acceptors (Lipinski definition) is 8. The summed E-state index contributed by atoms with van der Waals surface area (Å²) in [5.74, 6) is -1.34. The number of pyridine rings is 2. The van der Waals surface area contributed by atoms with E-state index >= 15 is 4.39 Å². The number of alkyl carbamates (subject to hydrolysis) is 1. The highest BCUT2D eigenvalue weighted by Crippen LogP contribution is 2.30. The van der Waals surface area contributed by atoms with Gasteiger partial charge in [-0.25, -0.2) is 19.0 Å². The molecule has 1 saturated carbocycles. The minimum absolute atomic E-state index is 0.0359. The number of carbonyl (C=O) groups is 2. The zero-order valence-electron chi connectivity index (χ0n) is 21.4. The van der Waals surface area contributed by atoms with Crippen molar-refractivity contribution >= 4 is 40.2 Å². The monoisotopic (exact) mass is 509 g/mol. The van der Waals surface area contributed by atoms with Crippen LogP contribution in [0.2, 0.25) is 0 Å². The summed E-state index contributed by atoms with van der Waals surface area (Å²) in [6.45, 7) is 5.39. The second-order valence-corrected chi connectivity index (χ2v) is 10.0. The van der Waals surface area contributed by atoms with Gasteiger partial charge in [0.05, 0.1) is 25.0 Å². The lowest BCUT2D eigenvalue weighted by atomic mass is 9.90. The van der Waals surface area contributed by atoms with E-state index in [0.717, 1.165) is 29.7 Å². The van der Waals surface area contributed by atoms with Crippen molar-refractivity contribution in [2.45, 2.75) is 64.1 Å². The summed E-state index contributed by atoms with van der Waals surface area (Å²) in [6.07, 6.45) is 6.08. The molecule has 0 spiro atoms. The van der Waals surface area contributed by atoms with Crippen molar-refractivity contribution in [1.82, 2.24) is 15.3 Å². The predicted molar refractivity (Wildman–Crippen MR) is 140 cm³/mol. The average molecular weight is 510 g/mol. The molecule has 2 atom stereocenters. The molecule has 0 saturated heterocycles. The topological polar surface area (TPSA) is 114 Å². The number of halogens is 1. The summed E-state index contributed by atoms with van der Waals surface area (Å²) in [7, 11) is 1.23. The average Bonchev–Trinajstić information content (AvgIpc) is 2.85. The quantitative estimate of drug-likeness (QED) is 0.371. The lowest BCUT2D eigenvalue weighted by molar-refractivity contribution is 0.0487. The van der Waals surface area contributed by atoms with Crippen LogP contribution in [-0.2, 0) is 9.47 Å². The molecule has 0 radical (unpaired) electrons. The molecule has 2 unspecified atom stereocenters. The standard InChI is InChI=1S/C27H32FN5O4/c1-27(2,3)37-26(35)32-21-12-8-7-11-20(21)30-24-19(28)13-18(25(34)36-4)23(33-24)31-22-15-29-14-16-9-5-6-10-17(16)22/h5-6,9-10,13-15,20-21H,7-8,11-12H2,1-4H3,(H,32,35)(H2,30,31,33). The molecule has 1 aliphatic carbocycles. The van der Waals surface area contributed by atoms with Crippen molar-refractivity contribution in [3.63, 3.8) is 0 Å². The second-order valence-electron chi connectivity index (χ2n) is 10.0. The molecule has 0 bridgehead atoms. The number of anilines is 3. The second kappa shape index (κ2) is 11.0. The Balaban J connectivity index is 1.63. The molecule has 9 nitrogen and oxygen atoms in total. The summed E-state index contributed by atoms with van der Waals surface area (Å²) in [4.78, 5) is 33.5. The van der Waals surface area contributed by atoms with Gasteiger partial charge in [0.15, 0.2) is 11.6 Å². The molecule has 1 aliphatic rings. The maximum atomic E-state index is 15.2. The zero-order valence-corrected chi connectivity index (χ0v) is 21.4. The molecule has 0 aliphatic heterocycles. The van der Waals surface area contributed by atoms with Crippen molar-refractivity contribution in [3.8, 4) is 0 Å². The largest absolute Gasteiger partial charge is 0.465 e. The first-order chi connectivity index (χ1) is 17.6. The van der Waals surface area contributed by atoms with Gasteiger partial charge in [-0.2, -0.15) is 0 Å². The van der Waals surface area contributed by atoms with Crippen molar-refractivity contribution in [2.75, 3.05) is 17.7 Å². The normalized spacial score (nSPS) is 17.6. The zero-order chi connectivity index (χ0) is 26.6. The maximum Gasteiger partial charge on any atom is 0.407 e. The fourth-order valence-electron chi connectivity index (χ4n) is 4.41. The third kappa shape index (κ3) is 6.44. The van der Waals surface area contributed by atoms with Crippen LogP contribution in [0.15, 0.2) is 42.7 Å². The van der Waals surface area contributed by atoms with Crippen LogP contribution >= 0.6 is 0 Å². The van der Waals surface area contributed by atoms with Gasteiger partial charge in [-0.3, -0.25) is 4.98 Å². The van der Waals surface area contributed by atoms with E-state index in [1.807, 2.05) is 24.3 Å². The molecule has 2 heterocycles. The summed E-state index contributed by atoms with van der Waals surface area (Å²) in [6, 6.07) is 8.16. The number of carbonyl (C=O) groups excluding carboxylic acids is 2. The number of rotatable bonds is 6. The van der Waals surface area contributed by atoms with Crippen LogP contribution in [0.25, 0.3) is 10.8 Å². The van der Waals surface area contributed by atoms with Crippen LogP contribution in [-0.4, -0.2) is 46.8 Å². The summed E-state index contributed by atoms with van der Waals surface area (Å²) in [5, 5.41) is 10.9. The predicted octanol–water partition coefficient (Wildman–Crippen LogP) is 5.55. The number of fused-ring (bicyclic) bond motifs is 1. The van der Waals surface area contributed by atoms with Crippen LogP contribution < -0.4 is 16.0 Å². The fourth-order valence-corrected chi connectivity index (χ4v) is 4.41. The molecule has 1 fully saturated rings. The van der Waals surface area contributed by atoms with E-state index < -0.39 is 23.5 Å². The van der Waals surface area contributed by atoms with Crippen molar-refractivity contribution in [3.05, 3.63) is 54.1 Å². The first kappa shape index (κ1) is 26.1.